The summed E-state index contributed by atoms with van der Waals surface area (Å²) in [6.07, 6.45) is 4.65. The standard InChI is InChI=1S/C12H18O2S2.C11H19NO2.C10H17NO2.C10H16O7.C10H16O4.C9H15NO.C9H14O6.C9H14O3.C8H12O3S2.C8H12O3/c1-9(2)11(13)14-10-3-5-12(6-4-10)7-15-8-16-12;1-10(2)11(13)14-9-8-12-6-4-3-5-7-12;1-9(2)10(12)13-8-7-11-5-3-4-6-11;1-4(2)9(14)16-3-5-6(11)7(12)8(13)10(15)17-5;1-7(2)9(11)12-5-8-6-13-10(3,4)14-8;1-8(2)9(11)7-10-5-3-4-6-10;1-4(2)8(13)15-9-7(12)6(11)5(10)3-14-9;1-7(2)9(10)12-8-5-3-4-6-11-8;1-5(2)8(10)11-7-4-12-6(9)3-13-7;1-6(2)8(9)11-7-4-3-5-10-7/h10H,1,3-8H2,2H3;1,3-9H2,2H3;1,3-8H2,2H3;5-8,10-13,15H,1,3H2,2H3;8H,1,5-6H2,2-4H3;1,3-7H2,2H3;5-7,9-12H,1,3H2,2H3;8H,1,3-6H2,2H3;6-7,9H,1,3-4H2,2H3;7H,1,3-5H2,2H3. The van der Waals surface area contributed by atoms with Crippen LogP contribution in [0.3, 0.4) is 0 Å². The second-order valence-corrected chi connectivity index (χ2v) is 39.9. The summed E-state index contributed by atoms with van der Waals surface area (Å²) in [6.45, 7) is 66.3. The lowest BCUT2D eigenvalue weighted by Gasteiger charge is -2.37. The molecule has 11 fully saturated rings. The van der Waals surface area contributed by atoms with Gasteiger partial charge in [-0.05, 0) is 211 Å². The van der Waals surface area contributed by atoms with Gasteiger partial charge in [0.1, 0.15) is 86.8 Å². The van der Waals surface area contributed by atoms with E-state index in [1.807, 2.05) is 25.6 Å². The van der Waals surface area contributed by atoms with Crippen molar-refractivity contribution in [3.05, 3.63) is 122 Å². The summed E-state index contributed by atoms with van der Waals surface area (Å²) in [5.74, 6) is -1.49. The van der Waals surface area contributed by atoms with Gasteiger partial charge in [-0.3, -0.25) is 19.5 Å². The fraction of sp³-hybridized carbons (Fsp3) is 0.688. The van der Waals surface area contributed by atoms with Gasteiger partial charge >= 0.3 is 53.7 Å². The van der Waals surface area contributed by atoms with Crippen LogP contribution in [0.2, 0.25) is 0 Å². The van der Waals surface area contributed by atoms with E-state index in [-0.39, 0.29) is 108 Å². The van der Waals surface area contributed by atoms with Crippen molar-refractivity contribution in [1.29, 1.82) is 0 Å². The van der Waals surface area contributed by atoms with Crippen LogP contribution in [0, 0.1) is 0 Å². The fourth-order valence-electron chi connectivity index (χ4n) is 12.7. The lowest BCUT2D eigenvalue weighted by atomic mass is 9.87. The highest BCUT2D eigenvalue weighted by molar-refractivity contribution is 8.20. The number of aliphatic hydroxyl groups is 8. The maximum atomic E-state index is 11.4. The number of thioether (sulfide) groups is 4. The molecule has 14 unspecified atom stereocenters. The van der Waals surface area contributed by atoms with E-state index in [4.69, 9.17) is 81.3 Å². The number of carbonyl (C=O) groups excluding carboxylic acids is 10. The monoisotopic (exact) mass is 2000 g/mol. The van der Waals surface area contributed by atoms with Crippen molar-refractivity contribution in [2.75, 3.05) is 134 Å². The average molecular weight is 2010 g/mol. The van der Waals surface area contributed by atoms with Crippen LogP contribution in [-0.2, 0) is 119 Å². The Balaban J connectivity index is 0.000000512. The summed E-state index contributed by atoms with van der Waals surface area (Å²) in [5, 5.41) is 75.5. The maximum Gasteiger partial charge on any atom is 0.335 e. The van der Waals surface area contributed by atoms with Crippen molar-refractivity contribution in [2.45, 2.75) is 287 Å². The number of aliphatic hydroxyl groups excluding tert-OH is 8. The van der Waals surface area contributed by atoms with E-state index >= 15 is 0 Å². The molecule has 10 heterocycles. The molecule has 10 aliphatic heterocycles. The summed E-state index contributed by atoms with van der Waals surface area (Å²) >= 11 is 7.01. The minimum absolute atomic E-state index is 0.126. The number of nitrogens with zero attached hydrogens (tertiary/aromatic N) is 3. The molecule has 10 saturated heterocycles. The van der Waals surface area contributed by atoms with Crippen LogP contribution in [-0.4, -0.2) is 351 Å². The number of carbonyl (C=O) groups is 10. The predicted octanol–water partition coefficient (Wildman–Crippen LogP) is 9.06. The van der Waals surface area contributed by atoms with Gasteiger partial charge in [-0.2, -0.15) is 0 Å². The number of ketones is 1. The third-order valence-corrected chi connectivity index (χ3v) is 26.7. The van der Waals surface area contributed by atoms with Gasteiger partial charge in [0.25, 0.3) is 0 Å². The summed E-state index contributed by atoms with van der Waals surface area (Å²) in [4.78, 5) is 118. The molecule has 14 atom stereocenters. The number of rotatable bonds is 27. The van der Waals surface area contributed by atoms with Crippen molar-refractivity contribution in [3.63, 3.8) is 0 Å². The quantitative estimate of drug-likeness (QED) is 0.0216. The summed E-state index contributed by atoms with van der Waals surface area (Å²) in [7, 11) is 0. The van der Waals surface area contributed by atoms with Gasteiger partial charge < -0.3 is 112 Å². The van der Waals surface area contributed by atoms with E-state index in [9.17, 15) is 78.6 Å². The zero-order valence-corrected chi connectivity index (χ0v) is 84.9. The van der Waals surface area contributed by atoms with Gasteiger partial charge in [0, 0.05) is 103 Å². The topological polar surface area (TPSA) is 481 Å². The molecular formula is C96H153N3O33S4. The first-order valence-corrected chi connectivity index (χ1v) is 49.8. The molecule has 1 spiro atoms. The normalized spacial score (nSPS) is 26.8. The minimum atomic E-state index is -1.64. The third-order valence-electron chi connectivity index (χ3n) is 20.8. The molecule has 11 rings (SSSR count). The lowest BCUT2D eigenvalue weighted by Crippen LogP contribution is -2.58. The Kier molecular flexibility index (Phi) is 62.0. The first-order valence-electron chi connectivity index (χ1n) is 45.6. The minimum Gasteiger partial charge on any atom is -0.461 e. The third kappa shape index (κ3) is 53.0. The van der Waals surface area contributed by atoms with Crippen LogP contribution in [0.25, 0.3) is 0 Å². The Morgan fingerprint density at radius 1 is 0.412 bits per heavy atom. The highest BCUT2D eigenvalue weighted by Crippen LogP contribution is 2.49. The Morgan fingerprint density at radius 2 is 0.846 bits per heavy atom. The van der Waals surface area contributed by atoms with Gasteiger partial charge in [-0.25, -0.2) is 43.2 Å². The first-order chi connectivity index (χ1) is 63.9. The first kappa shape index (κ1) is 125. The molecule has 1 aliphatic carbocycles. The van der Waals surface area contributed by atoms with Gasteiger partial charge in [0.15, 0.2) is 23.3 Å². The van der Waals surface area contributed by atoms with Gasteiger partial charge in [-0.1, -0.05) is 72.2 Å². The van der Waals surface area contributed by atoms with E-state index in [1.54, 1.807) is 55.4 Å². The zero-order valence-electron chi connectivity index (χ0n) is 81.7. The van der Waals surface area contributed by atoms with Crippen molar-refractivity contribution in [2.24, 2.45) is 0 Å². The van der Waals surface area contributed by atoms with Crippen LogP contribution >= 0.6 is 47.0 Å². The summed E-state index contributed by atoms with van der Waals surface area (Å²) in [5.41, 5.74) is 3.64. The Labute approximate surface area is 819 Å². The lowest BCUT2D eigenvalue weighted by molar-refractivity contribution is -0.287. The molecule has 11 aliphatic rings. The number of ether oxygens (including phenoxy) is 15. The molecule has 136 heavy (non-hydrogen) atoms. The molecular weight excluding hydrogens is 1850 g/mol. The average Bonchev–Trinajstić information content (AvgIpc) is 1.76. The molecule has 0 amide bonds. The number of likely N-dealkylation sites (tertiary alicyclic amines) is 3. The van der Waals surface area contributed by atoms with Gasteiger partial charge in [0.05, 0.1) is 33.0 Å². The maximum absolute atomic E-state index is 11.4. The predicted molar refractivity (Wildman–Crippen MR) is 518 cm³/mol. The summed E-state index contributed by atoms with van der Waals surface area (Å²) < 4.78 is 76.0. The number of hydrogen-bond acceptors (Lipinski definition) is 40. The Hall–Kier alpha value is -6.98. The molecule has 36 nitrogen and oxygen atoms in total. The molecule has 1 saturated carbocycles. The largest absolute Gasteiger partial charge is 0.461 e. The molecule has 8 N–H and O–H groups in total. The number of esters is 9. The van der Waals surface area contributed by atoms with Crippen molar-refractivity contribution in [1.82, 2.24) is 14.7 Å². The van der Waals surface area contributed by atoms with Crippen LogP contribution in [0.4, 0.5) is 0 Å². The highest BCUT2D eigenvalue weighted by Gasteiger charge is 2.45. The van der Waals surface area contributed by atoms with E-state index in [0.717, 1.165) is 97.3 Å². The van der Waals surface area contributed by atoms with E-state index in [0.29, 0.717) is 100 Å². The van der Waals surface area contributed by atoms with Crippen LogP contribution in [0.1, 0.15) is 186 Å². The van der Waals surface area contributed by atoms with Crippen LogP contribution in [0.5, 0.6) is 0 Å². The second-order valence-electron chi connectivity index (χ2n) is 34.7. The molecule has 40 heteroatoms. The number of piperidine rings is 1. The Bertz CT molecular complexity index is 3810. The fourth-order valence-corrected chi connectivity index (χ4v) is 18.3. The van der Waals surface area contributed by atoms with Gasteiger partial charge in [0.2, 0.25) is 18.9 Å². The van der Waals surface area contributed by atoms with E-state index in [1.165, 1.54) is 106 Å². The molecule has 0 aromatic rings. The van der Waals surface area contributed by atoms with Gasteiger partial charge in [-0.15, -0.1) is 47.0 Å². The number of Topliss-reactive ketones (excluding diaryl/α,β-unsaturated/α-hetero) is 1. The van der Waals surface area contributed by atoms with E-state index < -0.39 is 79.0 Å². The molecule has 0 aromatic carbocycles. The van der Waals surface area contributed by atoms with E-state index in [2.05, 4.69) is 92.3 Å². The van der Waals surface area contributed by atoms with Crippen molar-refractivity contribution in [3.8, 4) is 0 Å². The van der Waals surface area contributed by atoms with Crippen molar-refractivity contribution >= 4 is 107 Å². The Morgan fingerprint density at radius 3 is 1.26 bits per heavy atom. The highest BCUT2D eigenvalue weighted by atomic mass is 32.2. The molecule has 0 bridgehead atoms. The summed E-state index contributed by atoms with van der Waals surface area (Å²) in [6, 6.07) is 0. The molecule has 774 valence electrons. The SMILES string of the molecule is C=C(C)C(=O)CN1CCCC1.C=C(C)C(=O)OC1CCC2(CC1)CSCS2.C=C(C)C(=O)OC1CCCCO1.C=C(C)C(=O)OC1CCCO1.C=C(C)C(=O)OC1CSC(O)CS1.C=C(C)C(=O)OC1OCC(O)C(O)C1O.C=C(C)C(=O)OCC1COC(C)(C)O1.C=C(C)C(=O)OCC1OC(O)C(O)C(O)C1O.C=C(C)C(=O)OCCN1CCCC1.C=C(C)C(=O)OCCN1CCCCC1. The molecule has 0 radical (unpaired) electrons. The van der Waals surface area contributed by atoms with Crippen LogP contribution < -0.4 is 0 Å². The van der Waals surface area contributed by atoms with Crippen molar-refractivity contribution < 1.29 is 160 Å². The van der Waals surface area contributed by atoms with Crippen LogP contribution in [0.15, 0.2) is 122 Å². The zero-order chi connectivity index (χ0) is 103. The second kappa shape index (κ2) is 67.4. The molecule has 0 aromatic heterocycles. The smallest absolute Gasteiger partial charge is 0.335 e. The number of hydrogen-bond donors (Lipinski definition) is 8.